The van der Waals surface area contributed by atoms with Gasteiger partial charge in [0.1, 0.15) is 17.0 Å². The van der Waals surface area contributed by atoms with Crippen molar-refractivity contribution < 1.29 is 4.74 Å². The van der Waals surface area contributed by atoms with Gasteiger partial charge in [-0.15, -0.1) is 0 Å². The van der Waals surface area contributed by atoms with Crippen LogP contribution in [0.3, 0.4) is 0 Å². The van der Waals surface area contributed by atoms with E-state index in [1.807, 2.05) is 12.1 Å². The molecule has 0 spiro atoms. The molecule has 2 aromatic heterocycles. The van der Waals surface area contributed by atoms with Crippen molar-refractivity contribution in [3.8, 4) is 11.4 Å². The van der Waals surface area contributed by atoms with Crippen LogP contribution in [0.1, 0.15) is 0 Å². The summed E-state index contributed by atoms with van der Waals surface area (Å²) in [5.41, 5.74) is 2.50. The number of para-hydroxylation sites is 1. The standard InChI is InChI=1S/C25H25ClN6O2/c1-30-12-14-31(15-13-30)19-8-6-18(7-9-19)28-25-27-16-17-10-11-32(24(33)22(17)29-25)23-20(26)4-3-5-21(23)34-2/h3-11,16H,12-15H2,1-2H3,(H,27,28,29). The van der Waals surface area contributed by atoms with E-state index in [9.17, 15) is 4.79 Å². The van der Waals surface area contributed by atoms with Crippen molar-refractivity contribution in [3.05, 3.63) is 76.3 Å². The van der Waals surface area contributed by atoms with Crippen LogP contribution < -0.4 is 20.5 Å². The smallest absolute Gasteiger partial charge is 0.281 e. The highest BCUT2D eigenvalue weighted by Crippen LogP contribution is 2.29. The predicted octanol–water partition coefficient (Wildman–Crippen LogP) is 3.94. The van der Waals surface area contributed by atoms with Crippen LogP contribution in [0.4, 0.5) is 17.3 Å². The number of anilines is 3. The lowest BCUT2D eigenvalue weighted by molar-refractivity contribution is 0.313. The highest BCUT2D eigenvalue weighted by molar-refractivity contribution is 6.32. The van der Waals surface area contributed by atoms with Gasteiger partial charge >= 0.3 is 0 Å². The molecule has 0 radical (unpaired) electrons. The minimum absolute atomic E-state index is 0.288. The number of nitrogens with zero attached hydrogens (tertiary/aromatic N) is 5. The quantitative estimate of drug-likeness (QED) is 0.467. The third-order valence-electron chi connectivity index (χ3n) is 6.04. The van der Waals surface area contributed by atoms with E-state index in [1.54, 1.807) is 43.8 Å². The average Bonchev–Trinajstić information content (AvgIpc) is 2.86. The van der Waals surface area contributed by atoms with E-state index in [0.29, 0.717) is 27.8 Å². The van der Waals surface area contributed by atoms with Gasteiger partial charge in [-0.05, 0) is 49.5 Å². The number of aromatic nitrogens is 3. The zero-order valence-electron chi connectivity index (χ0n) is 19.0. The van der Waals surface area contributed by atoms with Crippen molar-refractivity contribution in [1.29, 1.82) is 0 Å². The molecule has 1 N–H and O–H groups in total. The lowest BCUT2D eigenvalue weighted by Gasteiger charge is -2.34. The summed E-state index contributed by atoms with van der Waals surface area (Å²) in [6.45, 7) is 4.14. The number of fused-ring (bicyclic) bond motifs is 1. The fraction of sp³-hybridized carbons (Fsp3) is 0.240. The first-order valence-corrected chi connectivity index (χ1v) is 11.4. The highest BCUT2D eigenvalue weighted by atomic mass is 35.5. The molecule has 0 amide bonds. The normalized spacial score (nSPS) is 14.4. The molecule has 174 valence electrons. The number of hydrogen-bond acceptors (Lipinski definition) is 7. The molecule has 3 heterocycles. The zero-order chi connectivity index (χ0) is 23.7. The molecular formula is C25H25ClN6O2. The molecular weight excluding hydrogens is 452 g/mol. The van der Waals surface area contributed by atoms with Crippen molar-refractivity contribution in [2.75, 3.05) is 50.6 Å². The van der Waals surface area contributed by atoms with Gasteiger partial charge < -0.3 is 19.9 Å². The number of pyridine rings is 1. The van der Waals surface area contributed by atoms with Crippen LogP contribution in [-0.4, -0.2) is 59.8 Å². The van der Waals surface area contributed by atoms with Gasteiger partial charge in [-0.25, -0.2) is 9.97 Å². The number of halogens is 1. The summed E-state index contributed by atoms with van der Waals surface area (Å²) in [5, 5.41) is 4.26. The van der Waals surface area contributed by atoms with Gasteiger partial charge in [-0.2, -0.15) is 0 Å². The van der Waals surface area contributed by atoms with Gasteiger partial charge in [0.05, 0.1) is 12.1 Å². The lowest BCUT2D eigenvalue weighted by Crippen LogP contribution is -2.44. The fourth-order valence-corrected chi connectivity index (χ4v) is 4.36. The minimum atomic E-state index is -0.306. The number of benzene rings is 2. The Labute approximate surface area is 202 Å². The lowest BCUT2D eigenvalue weighted by atomic mass is 10.2. The SMILES string of the molecule is COc1cccc(Cl)c1-n1ccc2cnc(Nc3ccc(N4CCN(C)CC4)cc3)nc2c1=O. The predicted molar refractivity (Wildman–Crippen MR) is 136 cm³/mol. The maximum absolute atomic E-state index is 13.3. The number of piperazine rings is 1. The van der Waals surface area contributed by atoms with Crippen molar-refractivity contribution in [2.24, 2.45) is 0 Å². The summed E-state index contributed by atoms with van der Waals surface area (Å²) in [4.78, 5) is 26.9. The molecule has 5 rings (SSSR count). The summed E-state index contributed by atoms with van der Waals surface area (Å²) in [6, 6.07) is 15.2. The Balaban J connectivity index is 1.43. The van der Waals surface area contributed by atoms with Gasteiger partial charge in [0.15, 0.2) is 0 Å². The van der Waals surface area contributed by atoms with Crippen LogP contribution in [0.25, 0.3) is 16.6 Å². The first-order chi connectivity index (χ1) is 16.5. The molecule has 0 aliphatic carbocycles. The van der Waals surface area contributed by atoms with Crippen molar-refractivity contribution in [1.82, 2.24) is 19.4 Å². The van der Waals surface area contributed by atoms with Gasteiger partial charge in [0, 0.05) is 55.3 Å². The Hall–Kier alpha value is -3.62. The largest absolute Gasteiger partial charge is 0.495 e. The zero-order valence-corrected chi connectivity index (χ0v) is 19.8. The molecule has 0 unspecified atom stereocenters. The monoisotopic (exact) mass is 476 g/mol. The van der Waals surface area contributed by atoms with Crippen LogP contribution in [0.15, 0.2) is 65.7 Å². The van der Waals surface area contributed by atoms with Crippen molar-refractivity contribution in [3.63, 3.8) is 0 Å². The van der Waals surface area contributed by atoms with E-state index in [4.69, 9.17) is 16.3 Å². The Bertz CT molecular complexity index is 1380. The van der Waals surface area contributed by atoms with Crippen LogP contribution >= 0.6 is 11.6 Å². The van der Waals surface area contributed by atoms with E-state index >= 15 is 0 Å². The molecule has 1 fully saturated rings. The van der Waals surface area contributed by atoms with Gasteiger partial charge in [0.25, 0.3) is 5.56 Å². The number of methoxy groups -OCH3 is 1. The molecule has 1 aliphatic heterocycles. The number of ether oxygens (including phenoxy) is 1. The molecule has 1 aliphatic rings. The number of likely N-dealkylation sites (N-methyl/N-ethyl adjacent to an activating group) is 1. The van der Waals surface area contributed by atoms with Gasteiger partial charge in [-0.1, -0.05) is 17.7 Å². The number of rotatable bonds is 5. The summed E-state index contributed by atoms with van der Waals surface area (Å²) < 4.78 is 6.86. The maximum atomic E-state index is 13.3. The Morgan fingerprint density at radius 1 is 1.03 bits per heavy atom. The third kappa shape index (κ3) is 4.30. The molecule has 0 atom stereocenters. The topological polar surface area (TPSA) is 75.5 Å². The van der Waals surface area contributed by atoms with Crippen LogP contribution in [0, 0.1) is 0 Å². The first kappa shape index (κ1) is 22.2. The van der Waals surface area contributed by atoms with E-state index in [-0.39, 0.29) is 11.1 Å². The fourth-order valence-electron chi connectivity index (χ4n) is 4.10. The summed E-state index contributed by atoms with van der Waals surface area (Å²) in [5.74, 6) is 0.850. The van der Waals surface area contributed by atoms with E-state index in [1.165, 1.54) is 10.3 Å². The second kappa shape index (κ2) is 9.32. The van der Waals surface area contributed by atoms with Crippen molar-refractivity contribution in [2.45, 2.75) is 0 Å². The Morgan fingerprint density at radius 3 is 2.53 bits per heavy atom. The second-order valence-corrected chi connectivity index (χ2v) is 8.65. The third-order valence-corrected chi connectivity index (χ3v) is 6.35. The molecule has 0 bridgehead atoms. The van der Waals surface area contributed by atoms with Crippen LogP contribution in [0.2, 0.25) is 5.02 Å². The van der Waals surface area contributed by atoms with Crippen molar-refractivity contribution >= 4 is 39.8 Å². The van der Waals surface area contributed by atoms with E-state index < -0.39 is 0 Å². The molecule has 34 heavy (non-hydrogen) atoms. The molecule has 1 saturated heterocycles. The Morgan fingerprint density at radius 2 is 1.79 bits per heavy atom. The summed E-state index contributed by atoms with van der Waals surface area (Å²) in [7, 11) is 3.69. The molecule has 9 heteroatoms. The van der Waals surface area contributed by atoms with Gasteiger partial charge in [0.2, 0.25) is 5.95 Å². The summed E-state index contributed by atoms with van der Waals surface area (Å²) >= 11 is 6.39. The maximum Gasteiger partial charge on any atom is 0.281 e. The molecule has 0 saturated carbocycles. The molecule has 2 aromatic carbocycles. The van der Waals surface area contributed by atoms with Crippen LogP contribution in [-0.2, 0) is 0 Å². The summed E-state index contributed by atoms with van der Waals surface area (Å²) in [6.07, 6.45) is 3.29. The van der Waals surface area contributed by atoms with E-state index in [2.05, 4.69) is 44.3 Å². The molecule has 8 nitrogen and oxygen atoms in total. The second-order valence-electron chi connectivity index (χ2n) is 8.24. The van der Waals surface area contributed by atoms with E-state index in [0.717, 1.165) is 31.9 Å². The Kier molecular flexibility index (Phi) is 6.08. The first-order valence-electron chi connectivity index (χ1n) is 11.1. The van der Waals surface area contributed by atoms with Gasteiger partial charge in [-0.3, -0.25) is 9.36 Å². The van der Waals surface area contributed by atoms with Crippen LogP contribution in [0.5, 0.6) is 5.75 Å². The minimum Gasteiger partial charge on any atom is -0.495 e. The number of hydrogen-bond donors (Lipinski definition) is 1. The molecule has 4 aromatic rings. The number of nitrogens with one attached hydrogen (secondary N) is 1. The highest BCUT2D eigenvalue weighted by Gasteiger charge is 2.16. The average molecular weight is 477 g/mol.